The third-order valence-electron chi connectivity index (χ3n) is 5.43. The Morgan fingerprint density at radius 3 is 2.55 bits per heavy atom. The lowest BCUT2D eigenvalue weighted by Crippen LogP contribution is -2.50. The van der Waals surface area contributed by atoms with E-state index in [9.17, 15) is 14.4 Å². The van der Waals surface area contributed by atoms with Crippen molar-refractivity contribution >= 4 is 28.7 Å². The third-order valence-corrected chi connectivity index (χ3v) is 5.43. The van der Waals surface area contributed by atoms with Crippen LogP contribution in [0.5, 0.6) is 0 Å². The number of hydrogen-bond acceptors (Lipinski definition) is 6. The van der Waals surface area contributed by atoms with Gasteiger partial charge >= 0.3 is 11.9 Å². The average molecular weight is 418 g/mol. The van der Waals surface area contributed by atoms with Gasteiger partial charge in [-0.1, -0.05) is 42.5 Å². The van der Waals surface area contributed by atoms with Crippen LogP contribution in [-0.2, 0) is 32.0 Å². The van der Waals surface area contributed by atoms with Crippen LogP contribution in [0.1, 0.15) is 27.2 Å². The highest BCUT2D eigenvalue weighted by atomic mass is 16.5. The van der Waals surface area contributed by atoms with Gasteiger partial charge in [-0.25, -0.2) is 9.59 Å². The van der Waals surface area contributed by atoms with E-state index in [0.29, 0.717) is 28.6 Å². The van der Waals surface area contributed by atoms with E-state index in [4.69, 9.17) is 9.47 Å². The molecule has 0 saturated carbocycles. The quantitative estimate of drug-likeness (QED) is 0.606. The minimum Gasteiger partial charge on any atom is -0.467 e. The van der Waals surface area contributed by atoms with Crippen molar-refractivity contribution in [3.63, 3.8) is 0 Å². The molecule has 0 bridgehead atoms. The van der Waals surface area contributed by atoms with Crippen molar-refractivity contribution in [3.05, 3.63) is 77.0 Å². The Morgan fingerprint density at radius 1 is 1.06 bits per heavy atom. The van der Waals surface area contributed by atoms with E-state index in [2.05, 4.69) is 4.98 Å². The minimum absolute atomic E-state index is 0.254. The van der Waals surface area contributed by atoms with Crippen LogP contribution in [0, 0.1) is 6.92 Å². The maximum Gasteiger partial charge on any atom is 0.339 e. The SMILES string of the molecule is COC(=O)[C@H]1Cc2ccccc2CN1C(=O)COC(=O)c1cc(C)nc2ccccc12. The molecule has 7 heteroatoms. The Labute approximate surface area is 179 Å². The van der Waals surface area contributed by atoms with Crippen LogP contribution in [0.4, 0.5) is 0 Å². The number of aromatic nitrogens is 1. The predicted octanol–water partition coefficient (Wildman–Crippen LogP) is 2.83. The molecule has 0 fully saturated rings. The highest BCUT2D eigenvalue weighted by molar-refractivity contribution is 6.04. The number of esters is 2. The molecule has 31 heavy (non-hydrogen) atoms. The molecule has 0 spiro atoms. The van der Waals surface area contributed by atoms with Crippen LogP contribution in [-0.4, -0.2) is 47.5 Å². The van der Waals surface area contributed by atoms with Crippen molar-refractivity contribution in [2.75, 3.05) is 13.7 Å². The summed E-state index contributed by atoms with van der Waals surface area (Å²) in [6.07, 6.45) is 0.358. The number of carbonyl (C=O) groups is 3. The number of para-hydroxylation sites is 1. The molecule has 1 amide bonds. The second kappa shape index (κ2) is 8.55. The molecule has 1 aromatic heterocycles. The number of ether oxygens (including phenoxy) is 2. The molecule has 1 aliphatic rings. The molecule has 0 radical (unpaired) electrons. The van der Waals surface area contributed by atoms with Crippen LogP contribution in [0.2, 0.25) is 0 Å². The Kier molecular flexibility index (Phi) is 5.66. The summed E-state index contributed by atoms with van der Waals surface area (Å²) in [6, 6.07) is 15.8. The Hall–Kier alpha value is -3.74. The smallest absolute Gasteiger partial charge is 0.339 e. The first kappa shape index (κ1) is 20.5. The fourth-order valence-electron chi connectivity index (χ4n) is 3.90. The van der Waals surface area contributed by atoms with Gasteiger partial charge in [-0.2, -0.15) is 0 Å². The van der Waals surface area contributed by atoms with Crippen molar-refractivity contribution in [2.24, 2.45) is 0 Å². The fourth-order valence-corrected chi connectivity index (χ4v) is 3.90. The zero-order valence-electron chi connectivity index (χ0n) is 17.3. The molecule has 1 aliphatic heterocycles. The topological polar surface area (TPSA) is 85.8 Å². The molecule has 0 unspecified atom stereocenters. The average Bonchev–Trinajstić information content (AvgIpc) is 2.80. The van der Waals surface area contributed by atoms with E-state index >= 15 is 0 Å². The molecule has 0 saturated heterocycles. The summed E-state index contributed by atoms with van der Waals surface area (Å²) >= 11 is 0. The normalized spacial score (nSPS) is 15.3. The van der Waals surface area contributed by atoms with Crippen molar-refractivity contribution in [2.45, 2.75) is 25.9 Å². The van der Waals surface area contributed by atoms with Crippen LogP contribution in [0.3, 0.4) is 0 Å². The number of aryl methyl sites for hydroxylation is 1. The summed E-state index contributed by atoms with van der Waals surface area (Å²) in [5.74, 6) is -1.56. The van der Waals surface area contributed by atoms with E-state index in [1.54, 1.807) is 19.1 Å². The lowest BCUT2D eigenvalue weighted by atomic mass is 9.94. The molecular weight excluding hydrogens is 396 g/mol. The molecule has 158 valence electrons. The number of rotatable bonds is 4. The number of nitrogens with zero attached hydrogens (tertiary/aromatic N) is 2. The predicted molar refractivity (Wildman–Crippen MR) is 113 cm³/mol. The van der Waals surface area contributed by atoms with E-state index in [1.807, 2.05) is 42.5 Å². The van der Waals surface area contributed by atoms with Gasteiger partial charge in [0.25, 0.3) is 5.91 Å². The summed E-state index contributed by atoms with van der Waals surface area (Å²) in [5.41, 5.74) is 3.66. The second-order valence-corrected chi connectivity index (χ2v) is 7.44. The monoisotopic (exact) mass is 418 g/mol. The van der Waals surface area contributed by atoms with E-state index in [1.165, 1.54) is 12.0 Å². The molecule has 0 N–H and O–H groups in total. The first-order chi connectivity index (χ1) is 15.0. The van der Waals surface area contributed by atoms with Crippen LogP contribution in [0.15, 0.2) is 54.6 Å². The molecule has 0 aliphatic carbocycles. The van der Waals surface area contributed by atoms with Gasteiger partial charge in [-0.15, -0.1) is 0 Å². The van der Waals surface area contributed by atoms with Crippen molar-refractivity contribution in [1.29, 1.82) is 0 Å². The summed E-state index contributed by atoms with van der Waals surface area (Å²) in [7, 11) is 1.29. The largest absolute Gasteiger partial charge is 0.467 e. The van der Waals surface area contributed by atoms with Gasteiger partial charge in [0.05, 0.1) is 18.2 Å². The second-order valence-electron chi connectivity index (χ2n) is 7.44. The number of hydrogen-bond donors (Lipinski definition) is 0. The van der Waals surface area contributed by atoms with E-state index in [0.717, 1.165) is 11.1 Å². The molecular formula is C24H22N2O5. The zero-order chi connectivity index (χ0) is 22.0. The summed E-state index contributed by atoms with van der Waals surface area (Å²) in [4.78, 5) is 43.8. The van der Waals surface area contributed by atoms with Crippen molar-refractivity contribution in [3.8, 4) is 0 Å². The van der Waals surface area contributed by atoms with Crippen molar-refractivity contribution < 1.29 is 23.9 Å². The van der Waals surface area contributed by atoms with Crippen molar-refractivity contribution in [1.82, 2.24) is 9.88 Å². The number of benzene rings is 2. The first-order valence-corrected chi connectivity index (χ1v) is 9.95. The van der Waals surface area contributed by atoms with Crippen LogP contribution < -0.4 is 0 Å². The number of methoxy groups -OCH3 is 1. The van der Waals surface area contributed by atoms with Gasteiger partial charge in [0.2, 0.25) is 0 Å². The van der Waals surface area contributed by atoms with Gasteiger partial charge in [0.1, 0.15) is 6.04 Å². The number of pyridine rings is 1. The summed E-state index contributed by atoms with van der Waals surface area (Å²) in [6.45, 7) is 1.58. The lowest BCUT2D eigenvalue weighted by molar-refractivity contribution is -0.155. The minimum atomic E-state index is -0.755. The number of carbonyl (C=O) groups excluding carboxylic acids is 3. The van der Waals surface area contributed by atoms with Crippen LogP contribution >= 0.6 is 0 Å². The fraction of sp³-hybridized carbons (Fsp3) is 0.250. The van der Waals surface area contributed by atoms with Gasteiger partial charge in [0, 0.05) is 24.0 Å². The van der Waals surface area contributed by atoms with Gasteiger partial charge in [-0.3, -0.25) is 9.78 Å². The van der Waals surface area contributed by atoms with E-state index in [-0.39, 0.29) is 6.54 Å². The standard InChI is InChI=1S/C24H22N2O5/c1-15-11-19(18-9-5-6-10-20(18)25-15)23(28)31-14-22(27)26-13-17-8-4-3-7-16(17)12-21(26)24(29)30-2/h3-11,21H,12-14H2,1-2H3/t21-/m1/s1. The summed E-state index contributed by atoms with van der Waals surface area (Å²) < 4.78 is 10.2. The third kappa shape index (κ3) is 4.12. The van der Waals surface area contributed by atoms with Gasteiger partial charge < -0.3 is 14.4 Å². The molecule has 2 aromatic carbocycles. The van der Waals surface area contributed by atoms with E-state index < -0.39 is 30.5 Å². The molecule has 7 nitrogen and oxygen atoms in total. The molecule has 4 rings (SSSR count). The number of fused-ring (bicyclic) bond motifs is 2. The lowest BCUT2D eigenvalue weighted by Gasteiger charge is -2.35. The number of amides is 1. The maximum atomic E-state index is 12.9. The highest BCUT2D eigenvalue weighted by Gasteiger charge is 2.35. The first-order valence-electron chi connectivity index (χ1n) is 9.95. The summed E-state index contributed by atoms with van der Waals surface area (Å²) in [5, 5.41) is 0.657. The van der Waals surface area contributed by atoms with Crippen LogP contribution in [0.25, 0.3) is 10.9 Å². The molecule has 1 atom stereocenters. The molecule has 3 aromatic rings. The maximum absolute atomic E-state index is 12.9. The Balaban J connectivity index is 1.53. The van der Waals surface area contributed by atoms with Gasteiger partial charge in [-0.05, 0) is 30.2 Å². The Bertz CT molecular complexity index is 1170. The Morgan fingerprint density at radius 2 is 1.77 bits per heavy atom. The zero-order valence-corrected chi connectivity index (χ0v) is 17.3. The highest BCUT2D eigenvalue weighted by Crippen LogP contribution is 2.25. The molecule has 2 heterocycles. The van der Waals surface area contributed by atoms with Gasteiger partial charge in [0.15, 0.2) is 6.61 Å².